The minimum atomic E-state index is -0.303. The number of amides is 1. The molecular weight excluding hydrogens is 415 g/mol. The molecule has 1 heterocycles. The lowest BCUT2D eigenvalue weighted by Gasteiger charge is -2.08. The fourth-order valence-electron chi connectivity index (χ4n) is 2.90. The molecule has 0 saturated heterocycles. The van der Waals surface area contributed by atoms with Crippen molar-refractivity contribution in [3.63, 3.8) is 0 Å². The summed E-state index contributed by atoms with van der Waals surface area (Å²) in [5, 5.41) is 5.21. The highest BCUT2D eigenvalue weighted by Crippen LogP contribution is 2.28. The highest BCUT2D eigenvalue weighted by atomic mass is 32.1. The normalized spacial score (nSPS) is 10.5. The molecule has 0 fully saturated rings. The second-order valence-corrected chi connectivity index (χ2v) is 7.49. The highest BCUT2D eigenvalue weighted by Gasteiger charge is 2.13. The monoisotopic (exact) mass is 434 g/mol. The Morgan fingerprint density at radius 3 is 2.68 bits per heavy atom. The largest absolute Gasteiger partial charge is 0.497 e. The first-order valence-corrected chi connectivity index (χ1v) is 10.4. The number of carbonyl (C=O) groups excluding carboxylic acids is 1. The summed E-state index contributed by atoms with van der Waals surface area (Å²) in [6, 6.07) is 21.0. The fraction of sp³-hybridized carbons (Fsp3) is 0.0833. The second-order valence-electron chi connectivity index (χ2n) is 6.63. The number of ether oxygens (including phenoxy) is 2. The molecule has 0 spiro atoms. The third-order valence-electron chi connectivity index (χ3n) is 4.50. The first kappa shape index (κ1) is 20.6. The lowest BCUT2D eigenvalue weighted by molar-refractivity contribution is 0.102. The van der Waals surface area contributed by atoms with Crippen LogP contribution in [0.5, 0.6) is 11.5 Å². The Hall–Kier alpha value is -3.71. The molecule has 7 heteroatoms. The number of rotatable bonds is 7. The first-order chi connectivity index (χ1) is 15.1. The van der Waals surface area contributed by atoms with E-state index in [1.165, 1.54) is 17.4 Å². The summed E-state index contributed by atoms with van der Waals surface area (Å²) in [4.78, 5) is 17.0. The number of hydrogen-bond acceptors (Lipinski definition) is 5. The molecule has 1 aromatic heterocycles. The van der Waals surface area contributed by atoms with Crippen molar-refractivity contribution in [2.75, 3.05) is 12.4 Å². The maximum absolute atomic E-state index is 13.8. The van der Waals surface area contributed by atoms with E-state index < -0.39 is 0 Å². The quantitative estimate of drug-likeness (QED) is 0.400. The van der Waals surface area contributed by atoms with E-state index in [4.69, 9.17) is 9.47 Å². The zero-order valence-electron chi connectivity index (χ0n) is 16.7. The number of benzene rings is 3. The van der Waals surface area contributed by atoms with Gasteiger partial charge in [-0.25, -0.2) is 9.37 Å². The number of aromatic nitrogens is 1. The number of thiazole rings is 1. The molecule has 1 amide bonds. The van der Waals surface area contributed by atoms with Crippen LogP contribution < -0.4 is 14.8 Å². The van der Waals surface area contributed by atoms with Crippen LogP contribution in [-0.4, -0.2) is 18.0 Å². The third kappa shape index (κ3) is 5.07. The molecule has 0 bridgehead atoms. The smallest absolute Gasteiger partial charge is 0.275 e. The Kier molecular flexibility index (Phi) is 6.24. The molecule has 1 N–H and O–H groups in total. The van der Waals surface area contributed by atoms with Crippen molar-refractivity contribution in [1.29, 1.82) is 0 Å². The second kappa shape index (κ2) is 9.40. The number of nitrogens with one attached hydrogen (secondary N) is 1. The summed E-state index contributed by atoms with van der Waals surface area (Å²) in [6.07, 6.45) is 0. The molecule has 156 valence electrons. The van der Waals surface area contributed by atoms with Gasteiger partial charge in [-0.2, -0.15) is 0 Å². The van der Waals surface area contributed by atoms with Crippen molar-refractivity contribution < 1.29 is 18.7 Å². The molecule has 0 radical (unpaired) electrons. The van der Waals surface area contributed by atoms with Gasteiger partial charge in [0.1, 0.15) is 34.6 Å². The van der Waals surface area contributed by atoms with Crippen molar-refractivity contribution in [2.45, 2.75) is 6.61 Å². The SMILES string of the molecule is COc1cccc(NC(=O)c2csc(-c3cccc(OCc4ccccc4F)c3)n2)c1. The van der Waals surface area contributed by atoms with E-state index in [1.54, 1.807) is 61.0 Å². The molecule has 4 rings (SSSR count). The Morgan fingerprint density at radius 1 is 1.03 bits per heavy atom. The molecule has 0 unspecified atom stereocenters. The van der Waals surface area contributed by atoms with Gasteiger partial charge >= 0.3 is 0 Å². The van der Waals surface area contributed by atoms with E-state index in [0.717, 1.165) is 5.56 Å². The van der Waals surface area contributed by atoms with Gasteiger partial charge in [0.05, 0.1) is 7.11 Å². The number of nitrogens with zero attached hydrogens (tertiary/aromatic N) is 1. The Bertz CT molecular complexity index is 1210. The summed E-state index contributed by atoms with van der Waals surface area (Å²) < 4.78 is 24.7. The fourth-order valence-corrected chi connectivity index (χ4v) is 3.70. The van der Waals surface area contributed by atoms with Crippen molar-refractivity contribution >= 4 is 22.9 Å². The standard InChI is InChI=1S/C24H19FN2O3S/c1-29-19-9-5-8-18(13-19)26-23(28)22-15-31-24(27-22)16-7-4-10-20(12-16)30-14-17-6-2-3-11-21(17)25/h2-13,15H,14H2,1H3,(H,26,28). The minimum Gasteiger partial charge on any atom is -0.497 e. The predicted octanol–water partition coefficient (Wildman–Crippen LogP) is 5.79. The first-order valence-electron chi connectivity index (χ1n) is 9.50. The van der Waals surface area contributed by atoms with E-state index in [-0.39, 0.29) is 18.3 Å². The van der Waals surface area contributed by atoms with Crippen LogP contribution >= 0.6 is 11.3 Å². The van der Waals surface area contributed by atoms with Crippen LogP contribution in [0.3, 0.4) is 0 Å². The van der Waals surface area contributed by atoms with Crippen molar-refractivity contribution in [3.05, 3.63) is 95.3 Å². The summed E-state index contributed by atoms with van der Waals surface area (Å²) in [7, 11) is 1.57. The average Bonchev–Trinajstić information content (AvgIpc) is 3.29. The van der Waals surface area contributed by atoms with Crippen LogP contribution in [0.25, 0.3) is 10.6 Å². The molecular formula is C24H19FN2O3S. The van der Waals surface area contributed by atoms with Crippen molar-refractivity contribution in [3.8, 4) is 22.1 Å². The molecule has 0 aliphatic carbocycles. The maximum Gasteiger partial charge on any atom is 0.275 e. The molecule has 0 atom stereocenters. The van der Waals surface area contributed by atoms with Gasteiger partial charge in [0.25, 0.3) is 5.91 Å². The van der Waals surface area contributed by atoms with E-state index in [0.29, 0.717) is 33.5 Å². The summed E-state index contributed by atoms with van der Waals surface area (Å²) in [6.45, 7) is 0.127. The lowest BCUT2D eigenvalue weighted by atomic mass is 10.2. The lowest BCUT2D eigenvalue weighted by Crippen LogP contribution is -2.12. The minimum absolute atomic E-state index is 0.127. The van der Waals surface area contributed by atoms with E-state index in [1.807, 2.05) is 18.2 Å². The summed E-state index contributed by atoms with van der Waals surface area (Å²) in [5.74, 6) is 0.648. The number of methoxy groups -OCH3 is 1. The van der Waals surface area contributed by atoms with Crippen molar-refractivity contribution in [2.24, 2.45) is 0 Å². The average molecular weight is 434 g/mol. The Morgan fingerprint density at radius 2 is 1.84 bits per heavy atom. The molecule has 4 aromatic rings. The van der Waals surface area contributed by atoms with Gasteiger partial charge in [-0.15, -0.1) is 11.3 Å². The predicted molar refractivity (Wildman–Crippen MR) is 119 cm³/mol. The van der Waals surface area contributed by atoms with Crippen LogP contribution in [0.4, 0.5) is 10.1 Å². The molecule has 0 aliphatic rings. The van der Waals surface area contributed by atoms with Crippen LogP contribution in [0.15, 0.2) is 78.2 Å². The zero-order chi connectivity index (χ0) is 21.6. The van der Waals surface area contributed by atoms with Crippen LogP contribution in [0.2, 0.25) is 0 Å². The van der Waals surface area contributed by atoms with E-state index >= 15 is 0 Å². The summed E-state index contributed by atoms with van der Waals surface area (Å²) in [5.41, 5.74) is 2.25. The molecule has 5 nitrogen and oxygen atoms in total. The molecule has 0 aliphatic heterocycles. The number of anilines is 1. The summed E-state index contributed by atoms with van der Waals surface area (Å²) >= 11 is 1.36. The van der Waals surface area contributed by atoms with Crippen molar-refractivity contribution in [1.82, 2.24) is 4.98 Å². The molecule has 0 saturated carbocycles. The van der Waals surface area contributed by atoms with Gasteiger partial charge in [0.15, 0.2) is 0 Å². The zero-order valence-corrected chi connectivity index (χ0v) is 17.5. The number of halogens is 1. The maximum atomic E-state index is 13.8. The number of hydrogen-bond donors (Lipinski definition) is 1. The Labute approximate surface area is 183 Å². The van der Waals surface area contributed by atoms with Crippen LogP contribution in [-0.2, 0) is 6.61 Å². The van der Waals surface area contributed by atoms with Gasteiger partial charge < -0.3 is 14.8 Å². The molecule has 3 aromatic carbocycles. The van der Waals surface area contributed by atoms with Gasteiger partial charge in [0.2, 0.25) is 0 Å². The Balaban J connectivity index is 1.45. The van der Waals surface area contributed by atoms with E-state index in [9.17, 15) is 9.18 Å². The van der Waals surface area contributed by atoms with Crippen LogP contribution in [0, 0.1) is 5.82 Å². The third-order valence-corrected chi connectivity index (χ3v) is 5.39. The highest BCUT2D eigenvalue weighted by molar-refractivity contribution is 7.13. The van der Waals surface area contributed by atoms with E-state index in [2.05, 4.69) is 10.3 Å². The molecule has 31 heavy (non-hydrogen) atoms. The van der Waals surface area contributed by atoms with Gasteiger partial charge in [-0.1, -0.05) is 36.4 Å². The van der Waals surface area contributed by atoms with Gasteiger partial charge in [-0.05, 0) is 30.3 Å². The van der Waals surface area contributed by atoms with Gasteiger partial charge in [-0.3, -0.25) is 4.79 Å². The number of carbonyl (C=O) groups is 1. The van der Waals surface area contributed by atoms with Crippen LogP contribution in [0.1, 0.15) is 16.1 Å². The topological polar surface area (TPSA) is 60.5 Å². The van der Waals surface area contributed by atoms with Gasteiger partial charge in [0, 0.05) is 28.3 Å².